The van der Waals surface area contributed by atoms with E-state index in [9.17, 15) is 22.2 Å². The maximum atomic E-state index is 11.6. The van der Waals surface area contributed by atoms with Crippen molar-refractivity contribution in [3.8, 4) is 0 Å². The Morgan fingerprint density at radius 1 is 1.56 bits per heavy atom. The zero-order chi connectivity index (χ0) is 12.8. The fourth-order valence-corrected chi connectivity index (χ4v) is 0.996. The van der Waals surface area contributed by atoms with Crippen molar-refractivity contribution in [2.45, 2.75) is 19.7 Å². The second kappa shape index (κ2) is 6.61. The summed E-state index contributed by atoms with van der Waals surface area (Å²) in [6.07, 6.45) is -3.70. The molecule has 0 aromatic heterocycles. The van der Waals surface area contributed by atoms with Crippen LogP contribution in [0.5, 0.6) is 0 Å². The van der Waals surface area contributed by atoms with E-state index in [2.05, 4.69) is 9.46 Å². The van der Waals surface area contributed by atoms with E-state index in [1.54, 1.807) is 0 Å². The molecule has 0 aliphatic rings. The van der Waals surface area contributed by atoms with E-state index in [4.69, 9.17) is 4.55 Å². The minimum atomic E-state index is -5.00. The lowest BCUT2D eigenvalue weighted by Crippen LogP contribution is -2.20. The SMILES string of the molecule is CC(=CCCNS(=O)O)C(=O)OC(F)(F)F. The molecule has 0 amide bonds. The standard InChI is InChI=1S/C7H10F3NO4S/c1-5(3-2-4-11-16(13)14)6(12)15-7(8,9)10/h3,11H,2,4H2,1H3,(H,13,14). The molecule has 0 spiro atoms. The largest absolute Gasteiger partial charge is 0.575 e. The molecule has 0 aliphatic heterocycles. The maximum Gasteiger partial charge on any atom is 0.575 e. The van der Waals surface area contributed by atoms with Crippen molar-refractivity contribution in [3.63, 3.8) is 0 Å². The fraction of sp³-hybridized carbons (Fsp3) is 0.571. The molecule has 1 atom stereocenters. The molecule has 0 fully saturated rings. The van der Waals surface area contributed by atoms with Crippen LogP contribution >= 0.6 is 0 Å². The van der Waals surface area contributed by atoms with Gasteiger partial charge in [0.15, 0.2) is 0 Å². The molecule has 0 saturated carbocycles. The number of nitrogens with one attached hydrogen (secondary N) is 1. The Morgan fingerprint density at radius 3 is 2.56 bits per heavy atom. The number of halogens is 3. The first-order valence-corrected chi connectivity index (χ1v) is 5.14. The molecule has 0 saturated heterocycles. The van der Waals surface area contributed by atoms with Crippen molar-refractivity contribution in [2.75, 3.05) is 6.54 Å². The van der Waals surface area contributed by atoms with Crippen LogP contribution < -0.4 is 4.72 Å². The molecule has 0 bridgehead atoms. The van der Waals surface area contributed by atoms with Gasteiger partial charge in [-0.3, -0.25) is 4.55 Å². The van der Waals surface area contributed by atoms with Gasteiger partial charge in [0.2, 0.25) is 11.3 Å². The summed E-state index contributed by atoms with van der Waals surface area (Å²) < 4.78 is 58.4. The van der Waals surface area contributed by atoms with Gasteiger partial charge in [-0.05, 0) is 13.3 Å². The number of carbonyl (C=O) groups is 1. The number of carbonyl (C=O) groups excluding carboxylic acids is 1. The van der Waals surface area contributed by atoms with Crippen LogP contribution in [0.4, 0.5) is 13.2 Å². The van der Waals surface area contributed by atoms with Gasteiger partial charge in [-0.15, -0.1) is 13.2 Å². The number of alkyl halides is 3. The second-order valence-electron chi connectivity index (χ2n) is 2.65. The molecule has 16 heavy (non-hydrogen) atoms. The third kappa shape index (κ3) is 8.38. The molecule has 0 aromatic carbocycles. The van der Waals surface area contributed by atoms with E-state index in [0.717, 1.165) is 6.92 Å². The molecule has 9 heteroatoms. The first-order chi connectivity index (χ1) is 7.22. The van der Waals surface area contributed by atoms with Gasteiger partial charge >= 0.3 is 12.3 Å². The molecule has 0 heterocycles. The number of ether oxygens (including phenoxy) is 1. The lowest BCUT2D eigenvalue weighted by atomic mass is 10.2. The molecular formula is C7H10F3NO4S. The lowest BCUT2D eigenvalue weighted by molar-refractivity contribution is -0.303. The van der Waals surface area contributed by atoms with E-state index in [0.29, 0.717) is 0 Å². The lowest BCUT2D eigenvalue weighted by Gasteiger charge is -2.06. The summed E-state index contributed by atoms with van der Waals surface area (Å²) in [4.78, 5) is 10.7. The van der Waals surface area contributed by atoms with Gasteiger partial charge in [0, 0.05) is 12.1 Å². The number of hydrogen-bond acceptors (Lipinski definition) is 3. The molecule has 5 nitrogen and oxygen atoms in total. The van der Waals surface area contributed by atoms with E-state index in [1.165, 1.54) is 6.08 Å². The summed E-state index contributed by atoms with van der Waals surface area (Å²) in [6.45, 7) is 1.21. The minimum absolute atomic E-state index is 0.0553. The fourth-order valence-electron chi connectivity index (χ4n) is 0.704. The summed E-state index contributed by atoms with van der Waals surface area (Å²) in [5.74, 6) is -1.49. The summed E-state index contributed by atoms with van der Waals surface area (Å²) in [5.41, 5.74) is -0.220. The Kier molecular flexibility index (Phi) is 6.22. The van der Waals surface area contributed by atoms with Crippen LogP contribution in [0, 0.1) is 0 Å². The summed E-state index contributed by atoms with van der Waals surface area (Å²) in [7, 11) is 0. The Morgan fingerprint density at radius 2 is 2.12 bits per heavy atom. The third-order valence-corrected chi connectivity index (χ3v) is 1.80. The van der Waals surface area contributed by atoms with Crippen molar-refractivity contribution >= 4 is 17.2 Å². The predicted octanol–water partition coefficient (Wildman–Crippen LogP) is 1.11. The average Bonchev–Trinajstić information content (AvgIpc) is 2.08. The van der Waals surface area contributed by atoms with Crippen LogP contribution in [0.3, 0.4) is 0 Å². The number of esters is 1. The Balaban J connectivity index is 4.03. The normalized spacial score (nSPS) is 14.7. The highest BCUT2D eigenvalue weighted by molar-refractivity contribution is 7.77. The van der Waals surface area contributed by atoms with E-state index < -0.39 is 23.6 Å². The van der Waals surface area contributed by atoms with Gasteiger partial charge in [0.25, 0.3) is 0 Å². The minimum Gasteiger partial charge on any atom is -0.369 e. The van der Waals surface area contributed by atoms with Gasteiger partial charge in [0.1, 0.15) is 0 Å². The second-order valence-corrected chi connectivity index (χ2v) is 3.44. The number of hydrogen-bond donors (Lipinski definition) is 2. The van der Waals surface area contributed by atoms with Crippen LogP contribution in [0.1, 0.15) is 13.3 Å². The maximum absolute atomic E-state index is 11.6. The van der Waals surface area contributed by atoms with E-state index in [-0.39, 0.29) is 18.5 Å². The third-order valence-electron chi connectivity index (χ3n) is 1.35. The highest BCUT2D eigenvalue weighted by Gasteiger charge is 2.34. The first-order valence-electron chi connectivity index (χ1n) is 4.03. The number of rotatable bonds is 5. The molecule has 0 aliphatic carbocycles. The van der Waals surface area contributed by atoms with Crippen molar-refractivity contribution in [1.82, 2.24) is 4.72 Å². The monoisotopic (exact) mass is 261 g/mol. The van der Waals surface area contributed by atoms with Crippen LogP contribution in [0.25, 0.3) is 0 Å². The zero-order valence-electron chi connectivity index (χ0n) is 8.21. The molecule has 0 radical (unpaired) electrons. The van der Waals surface area contributed by atoms with E-state index >= 15 is 0 Å². The predicted molar refractivity (Wildman–Crippen MR) is 49.3 cm³/mol. The smallest absolute Gasteiger partial charge is 0.369 e. The van der Waals surface area contributed by atoms with E-state index in [1.807, 2.05) is 0 Å². The van der Waals surface area contributed by atoms with Gasteiger partial charge in [-0.1, -0.05) is 6.08 Å². The van der Waals surface area contributed by atoms with Crippen LogP contribution in [0.2, 0.25) is 0 Å². The molecule has 2 N–H and O–H groups in total. The highest BCUT2D eigenvalue weighted by atomic mass is 32.2. The molecular weight excluding hydrogens is 251 g/mol. The molecule has 0 rings (SSSR count). The first kappa shape index (κ1) is 15.1. The van der Waals surface area contributed by atoms with Gasteiger partial charge in [-0.2, -0.15) is 0 Å². The Labute approximate surface area is 92.1 Å². The van der Waals surface area contributed by atoms with Crippen LogP contribution in [0.15, 0.2) is 11.6 Å². The van der Waals surface area contributed by atoms with Crippen molar-refractivity contribution < 1.29 is 31.5 Å². The zero-order valence-corrected chi connectivity index (χ0v) is 9.02. The molecule has 0 aromatic rings. The summed E-state index contributed by atoms with van der Waals surface area (Å²) >= 11 is -2.18. The van der Waals surface area contributed by atoms with Gasteiger partial charge in [0.05, 0.1) is 0 Å². The summed E-state index contributed by atoms with van der Waals surface area (Å²) in [5, 5.41) is 0. The van der Waals surface area contributed by atoms with Crippen molar-refractivity contribution in [1.29, 1.82) is 0 Å². The van der Waals surface area contributed by atoms with Gasteiger partial charge < -0.3 is 4.74 Å². The van der Waals surface area contributed by atoms with Crippen molar-refractivity contribution in [2.24, 2.45) is 0 Å². The van der Waals surface area contributed by atoms with Crippen LogP contribution in [-0.2, 0) is 20.8 Å². The molecule has 1 unspecified atom stereocenters. The molecule has 94 valence electrons. The summed E-state index contributed by atoms with van der Waals surface area (Å²) in [6, 6.07) is 0. The average molecular weight is 261 g/mol. The quantitative estimate of drug-likeness (QED) is 0.336. The Bertz CT molecular complexity index is 302. The Hall–Kier alpha value is -0.930. The topological polar surface area (TPSA) is 75.6 Å². The van der Waals surface area contributed by atoms with Crippen LogP contribution in [-0.4, -0.2) is 27.6 Å². The van der Waals surface area contributed by atoms with Crippen molar-refractivity contribution in [3.05, 3.63) is 11.6 Å². The van der Waals surface area contributed by atoms with Gasteiger partial charge in [-0.25, -0.2) is 13.7 Å². The highest BCUT2D eigenvalue weighted by Crippen LogP contribution is 2.18.